The number of thiophene rings is 1. The molecule has 1 fully saturated rings. The van der Waals surface area contributed by atoms with Crippen LogP contribution in [0.25, 0.3) is 0 Å². The van der Waals surface area contributed by atoms with Crippen LogP contribution in [0.4, 0.5) is 0 Å². The molecule has 0 bridgehead atoms. The highest BCUT2D eigenvalue weighted by Gasteiger charge is 2.40. The van der Waals surface area contributed by atoms with Crippen molar-refractivity contribution in [1.29, 1.82) is 0 Å². The summed E-state index contributed by atoms with van der Waals surface area (Å²) < 4.78 is 23.5. The SMILES string of the molecule is CN=C(NCC(C)c1ccsc1)N1CCS(=O)(=O)C(C)(C)C1.I. The number of rotatable bonds is 3. The predicted octanol–water partition coefficient (Wildman–Crippen LogP) is 2.55. The molecule has 1 aromatic rings. The molecule has 0 radical (unpaired) electrons. The minimum Gasteiger partial charge on any atom is -0.356 e. The first kappa shape index (κ1) is 20.7. The normalized spacial score (nSPS) is 21.4. The molecule has 132 valence electrons. The molecule has 1 aliphatic heterocycles. The molecule has 1 atom stereocenters. The van der Waals surface area contributed by atoms with Crippen molar-refractivity contribution in [3.05, 3.63) is 22.4 Å². The lowest BCUT2D eigenvalue weighted by atomic mass is 10.1. The molecule has 1 unspecified atom stereocenters. The molecule has 23 heavy (non-hydrogen) atoms. The van der Waals surface area contributed by atoms with E-state index in [2.05, 4.69) is 34.1 Å². The molecule has 2 heterocycles. The Morgan fingerprint density at radius 2 is 2.22 bits per heavy atom. The zero-order valence-electron chi connectivity index (χ0n) is 14.1. The van der Waals surface area contributed by atoms with E-state index in [0.29, 0.717) is 19.0 Å². The van der Waals surface area contributed by atoms with Crippen molar-refractivity contribution in [2.75, 3.05) is 32.4 Å². The maximum Gasteiger partial charge on any atom is 0.193 e. The Balaban J connectivity index is 0.00000264. The van der Waals surface area contributed by atoms with Crippen LogP contribution in [0.3, 0.4) is 0 Å². The molecule has 0 amide bonds. The first-order valence-corrected chi connectivity index (χ1v) is 10.1. The van der Waals surface area contributed by atoms with Crippen LogP contribution in [-0.4, -0.2) is 56.5 Å². The summed E-state index contributed by atoms with van der Waals surface area (Å²) in [4.78, 5) is 6.36. The first-order chi connectivity index (χ1) is 10.3. The predicted molar refractivity (Wildman–Crippen MR) is 109 cm³/mol. The van der Waals surface area contributed by atoms with E-state index in [1.165, 1.54) is 5.56 Å². The highest BCUT2D eigenvalue weighted by molar-refractivity contribution is 14.0. The Bertz CT molecular complexity index is 627. The summed E-state index contributed by atoms with van der Waals surface area (Å²) in [6.07, 6.45) is 0. The average Bonchev–Trinajstić information content (AvgIpc) is 2.97. The maximum absolute atomic E-state index is 12.1. The van der Waals surface area contributed by atoms with Crippen LogP contribution in [0, 0.1) is 0 Å². The van der Waals surface area contributed by atoms with E-state index in [1.807, 2.05) is 4.90 Å². The molecule has 1 aliphatic rings. The van der Waals surface area contributed by atoms with E-state index < -0.39 is 14.6 Å². The van der Waals surface area contributed by atoms with Gasteiger partial charge in [-0.1, -0.05) is 6.92 Å². The number of halogens is 1. The molecule has 0 spiro atoms. The number of nitrogens with zero attached hydrogens (tertiary/aromatic N) is 2. The molecule has 1 aromatic heterocycles. The molecule has 1 saturated heterocycles. The largest absolute Gasteiger partial charge is 0.356 e. The standard InChI is InChI=1S/C15H25N3O2S2.HI/c1-12(13-5-7-21-10-13)9-17-14(16-4)18-6-8-22(19,20)15(2,3)11-18;/h5,7,10,12H,6,8-9,11H2,1-4H3,(H,16,17);1H. The first-order valence-electron chi connectivity index (χ1n) is 7.47. The minimum absolute atomic E-state index is 0. The van der Waals surface area contributed by atoms with Crippen molar-refractivity contribution >= 4 is 51.1 Å². The Morgan fingerprint density at radius 3 is 2.74 bits per heavy atom. The highest BCUT2D eigenvalue weighted by atomic mass is 127. The molecular formula is C15H26IN3O2S2. The lowest BCUT2D eigenvalue weighted by Gasteiger charge is -2.39. The Labute approximate surface area is 160 Å². The number of nitrogens with one attached hydrogen (secondary N) is 1. The fourth-order valence-electron chi connectivity index (χ4n) is 2.57. The van der Waals surface area contributed by atoms with Crippen LogP contribution in [0.5, 0.6) is 0 Å². The monoisotopic (exact) mass is 471 g/mol. The molecule has 0 aromatic carbocycles. The van der Waals surface area contributed by atoms with Crippen molar-refractivity contribution in [2.24, 2.45) is 4.99 Å². The van der Waals surface area contributed by atoms with Gasteiger partial charge in [-0.25, -0.2) is 8.42 Å². The highest BCUT2D eigenvalue weighted by Crippen LogP contribution is 2.24. The summed E-state index contributed by atoms with van der Waals surface area (Å²) in [5.74, 6) is 1.36. The second-order valence-electron chi connectivity index (χ2n) is 6.39. The Kier molecular flexibility index (Phi) is 7.34. The average molecular weight is 471 g/mol. The summed E-state index contributed by atoms with van der Waals surface area (Å²) >= 11 is 1.70. The Hall–Kier alpha value is -0.350. The molecule has 5 nitrogen and oxygen atoms in total. The minimum atomic E-state index is -3.03. The zero-order chi connectivity index (χ0) is 16.4. The fraction of sp³-hybridized carbons (Fsp3) is 0.667. The van der Waals surface area contributed by atoms with E-state index in [1.54, 1.807) is 32.2 Å². The Morgan fingerprint density at radius 1 is 1.52 bits per heavy atom. The van der Waals surface area contributed by atoms with E-state index >= 15 is 0 Å². The van der Waals surface area contributed by atoms with Crippen LogP contribution in [-0.2, 0) is 9.84 Å². The number of hydrogen-bond donors (Lipinski definition) is 1. The van der Waals surface area contributed by atoms with Gasteiger partial charge in [0, 0.05) is 26.7 Å². The van der Waals surface area contributed by atoms with Gasteiger partial charge in [0.25, 0.3) is 0 Å². The van der Waals surface area contributed by atoms with Gasteiger partial charge in [-0.15, -0.1) is 24.0 Å². The van der Waals surface area contributed by atoms with Gasteiger partial charge in [0.2, 0.25) is 0 Å². The van der Waals surface area contributed by atoms with Gasteiger partial charge in [0.1, 0.15) is 0 Å². The zero-order valence-corrected chi connectivity index (χ0v) is 18.0. The van der Waals surface area contributed by atoms with Crippen molar-refractivity contribution < 1.29 is 8.42 Å². The van der Waals surface area contributed by atoms with E-state index in [0.717, 1.165) is 12.5 Å². The van der Waals surface area contributed by atoms with Gasteiger partial charge in [0.15, 0.2) is 15.8 Å². The third kappa shape index (κ3) is 4.82. The fourth-order valence-corrected chi connectivity index (χ4v) is 4.72. The number of guanidine groups is 1. The summed E-state index contributed by atoms with van der Waals surface area (Å²) in [6, 6.07) is 2.14. The molecule has 0 saturated carbocycles. The summed E-state index contributed by atoms with van der Waals surface area (Å²) in [5.41, 5.74) is 1.31. The van der Waals surface area contributed by atoms with Crippen LogP contribution >= 0.6 is 35.3 Å². The van der Waals surface area contributed by atoms with E-state index in [9.17, 15) is 8.42 Å². The van der Waals surface area contributed by atoms with Crippen molar-refractivity contribution in [3.63, 3.8) is 0 Å². The van der Waals surface area contributed by atoms with Crippen LogP contribution in [0.2, 0.25) is 0 Å². The third-order valence-corrected chi connectivity index (χ3v) is 7.47. The van der Waals surface area contributed by atoms with Crippen molar-refractivity contribution in [2.45, 2.75) is 31.4 Å². The molecule has 1 N–H and O–H groups in total. The van der Waals surface area contributed by atoms with Gasteiger partial charge in [-0.2, -0.15) is 11.3 Å². The molecule has 2 rings (SSSR count). The quantitative estimate of drug-likeness (QED) is 0.418. The molecular weight excluding hydrogens is 445 g/mol. The van der Waals surface area contributed by atoms with Crippen molar-refractivity contribution in [3.8, 4) is 0 Å². The summed E-state index contributed by atoms with van der Waals surface area (Å²) in [6.45, 7) is 7.51. The smallest absolute Gasteiger partial charge is 0.193 e. The molecule has 8 heteroatoms. The summed E-state index contributed by atoms with van der Waals surface area (Å²) in [5, 5.41) is 7.62. The second-order valence-corrected chi connectivity index (χ2v) is 9.91. The molecule has 0 aliphatic carbocycles. The van der Waals surface area contributed by atoms with Gasteiger partial charge in [-0.05, 0) is 42.2 Å². The lowest BCUT2D eigenvalue weighted by molar-refractivity contribution is 0.352. The van der Waals surface area contributed by atoms with Gasteiger partial charge >= 0.3 is 0 Å². The third-order valence-electron chi connectivity index (χ3n) is 4.23. The number of sulfone groups is 1. The van der Waals surface area contributed by atoms with Crippen LogP contribution in [0.1, 0.15) is 32.3 Å². The number of hydrogen-bond acceptors (Lipinski definition) is 4. The second kappa shape index (κ2) is 8.15. The number of aliphatic imine (C=N–C) groups is 1. The maximum atomic E-state index is 12.1. The topological polar surface area (TPSA) is 61.8 Å². The van der Waals surface area contributed by atoms with E-state index in [-0.39, 0.29) is 29.7 Å². The van der Waals surface area contributed by atoms with Gasteiger partial charge in [-0.3, -0.25) is 4.99 Å². The van der Waals surface area contributed by atoms with Gasteiger partial charge in [0.05, 0.1) is 10.5 Å². The van der Waals surface area contributed by atoms with Crippen molar-refractivity contribution in [1.82, 2.24) is 10.2 Å². The van der Waals surface area contributed by atoms with Gasteiger partial charge < -0.3 is 10.2 Å². The summed E-state index contributed by atoms with van der Waals surface area (Å²) in [7, 11) is -1.28. The van der Waals surface area contributed by atoms with Crippen LogP contribution in [0.15, 0.2) is 21.8 Å². The lowest BCUT2D eigenvalue weighted by Crippen LogP contribution is -2.57. The van der Waals surface area contributed by atoms with Crippen LogP contribution < -0.4 is 5.32 Å². The van der Waals surface area contributed by atoms with E-state index in [4.69, 9.17) is 0 Å².